The van der Waals surface area contributed by atoms with Gasteiger partial charge >= 0.3 is 0 Å². The molecule has 0 aliphatic heterocycles. The molecule has 0 heterocycles. The van der Waals surface area contributed by atoms with Gasteiger partial charge in [-0.25, -0.2) is 13.1 Å². The van der Waals surface area contributed by atoms with Crippen LogP contribution in [0.1, 0.15) is 24.8 Å². The van der Waals surface area contributed by atoms with Gasteiger partial charge in [0.25, 0.3) is 0 Å². The highest BCUT2D eigenvalue weighted by atomic mass is 32.2. The molecule has 1 fully saturated rings. The fourth-order valence-electron chi connectivity index (χ4n) is 2.00. The van der Waals surface area contributed by atoms with E-state index in [0.717, 1.165) is 24.5 Å². The lowest BCUT2D eigenvalue weighted by Crippen LogP contribution is -2.25. The molecule has 1 aromatic carbocycles. The highest BCUT2D eigenvalue weighted by molar-refractivity contribution is 7.89. The predicted octanol–water partition coefficient (Wildman–Crippen LogP) is 1.28. The molecule has 0 radical (unpaired) electrons. The van der Waals surface area contributed by atoms with Crippen LogP contribution in [0, 0.1) is 5.92 Å². The van der Waals surface area contributed by atoms with Gasteiger partial charge in [0.1, 0.15) is 0 Å². The van der Waals surface area contributed by atoms with Crippen LogP contribution in [-0.4, -0.2) is 34.7 Å². The molecule has 0 spiro atoms. The number of nitrogens with two attached hydrogens (primary N) is 1. The quantitative estimate of drug-likeness (QED) is 0.638. The van der Waals surface area contributed by atoms with E-state index >= 15 is 0 Å². The Kier molecular flexibility index (Phi) is 6.17. The fourth-order valence-corrected chi connectivity index (χ4v) is 3.07. The number of ether oxygens (including phenoxy) is 1. The van der Waals surface area contributed by atoms with Crippen LogP contribution in [0.3, 0.4) is 0 Å². The van der Waals surface area contributed by atoms with Gasteiger partial charge in [0, 0.05) is 19.8 Å². The maximum absolute atomic E-state index is 12.1. The summed E-state index contributed by atoms with van der Waals surface area (Å²) < 4.78 is 32.2. The molecular formula is C15H24N2O3S. The van der Waals surface area contributed by atoms with Crippen LogP contribution in [0.5, 0.6) is 0 Å². The topological polar surface area (TPSA) is 81.4 Å². The van der Waals surface area contributed by atoms with Gasteiger partial charge in [0.05, 0.1) is 4.90 Å². The second-order valence-electron chi connectivity index (χ2n) is 5.45. The number of benzene rings is 1. The van der Waals surface area contributed by atoms with Gasteiger partial charge in [-0.2, -0.15) is 0 Å². The summed E-state index contributed by atoms with van der Waals surface area (Å²) >= 11 is 0. The lowest BCUT2D eigenvalue weighted by molar-refractivity contribution is 0.123. The summed E-state index contributed by atoms with van der Waals surface area (Å²) in [5.74, 6) is 0.744. The molecule has 1 saturated carbocycles. The predicted molar refractivity (Wildman–Crippen MR) is 82.5 cm³/mol. The Labute approximate surface area is 126 Å². The molecule has 0 bridgehead atoms. The third-order valence-electron chi connectivity index (χ3n) is 3.47. The molecular weight excluding hydrogens is 288 g/mol. The van der Waals surface area contributed by atoms with Gasteiger partial charge in [0.15, 0.2) is 0 Å². The standard InChI is InChI=1S/C15H24N2O3S/c16-9-8-13-4-6-15(7-5-13)21(18,19)17-10-1-11-20-12-14-2-3-14/h4-7,14,17H,1-3,8-12,16H2. The largest absolute Gasteiger partial charge is 0.381 e. The summed E-state index contributed by atoms with van der Waals surface area (Å²) in [6.07, 6.45) is 3.99. The molecule has 3 N–H and O–H groups in total. The number of nitrogens with one attached hydrogen (secondary N) is 1. The monoisotopic (exact) mass is 312 g/mol. The van der Waals surface area contributed by atoms with Crippen LogP contribution >= 0.6 is 0 Å². The zero-order chi connectivity index (χ0) is 15.1. The van der Waals surface area contributed by atoms with Crippen molar-refractivity contribution in [3.8, 4) is 0 Å². The molecule has 0 saturated heterocycles. The summed E-state index contributed by atoms with van der Waals surface area (Å²) in [5.41, 5.74) is 6.52. The molecule has 0 atom stereocenters. The molecule has 6 heteroatoms. The average Bonchev–Trinajstić information content (AvgIpc) is 3.28. The first-order chi connectivity index (χ1) is 10.1. The summed E-state index contributed by atoms with van der Waals surface area (Å²) in [7, 11) is -3.42. The Morgan fingerprint density at radius 3 is 2.57 bits per heavy atom. The lowest BCUT2D eigenvalue weighted by Gasteiger charge is -2.08. The SMILES string of the molecule is NCCc1ccc(S(=O)(=O)NCCCOCC2CC2)cc1. The third kappa shape index (κ3) is 5.74. The number of hydrogen-bond acceptors (Lipinski definition) is 4. The number of rotatable bonds is 10. The van der Waals surface area contributed by atoms with Gasteiger partial charge in [-0.05, 0) is 55.8 Å². The van der Waals surface area contributed by atoms with Gasteiger partial charge < -0.3 is 10.5 Å². The van der Waals surface area contributed by atoms with Gasteiger partial charge in [-0.1, -0.05) is 12.1 Å². The van der Waals surface area contributed by atoms with Crippen LogP contribution in [-0.2, 0) is 21.2 Å². The molecule has 0 amide bonds. The van der Waals surface area contributed by atoms with E-state index in [1.807, 2.05) is 0 Å². The van der Waals surface area contributed by atoms with Crippen LogP contribution in [0.25, 0.3) is 0 Å². The zero-order valence-corrected chi connectivity index (χ0v) is 13.1. The first-order valence-corrected chi connectivity index (χ1v) is 8.96. The first-order valence-electron chi connectivity index (χ1n) is 7.48. The van der Waals surface area contributed by atoms with Crippen molar-refractivity contribution in [2.24, 2.45) is 11.7 Å². The second-order valence-corrected chi connectivity index (χ2v) is 7.22. The summed E-state index contributed by atoms with van der Waals surface area (Å²) in [6, 6.07) is 6.86. The van der Waals surface area contributed by atoms with Crippen molar-refractivity contribution in [1.82, 2.24) is 4.72 Å². The Morgan fingerprint density at radius 2 is 1.95 bits per heavy atom. The normalized spacial score (nSPS) is 15.3. The van der Waals surface area contributed by atoms with Crippen molar-refractivity contribution < 1.29 is 13.2 Å². The summed E-state index contributed by atoms with van der Waals surface area (Å²) in [5, 5.41) is 0. The lowest BCUT2D eigenvalue weighted by atomic mass is 10.2. The Morgan fingerprint density at radius 1 is 1.24 bits per heavy atom. The molecule has 5 nitrogen and oxygen atoms in total. The number of sulfonamides is 1. The summed E-state index contributed by atoms with van der Waals surface area (Å²) in [6.45, 7) is 2.38. The zero-order valence-electron chi connectivity index (χ0n) is 12.3. The first kappa shape index (κ1) is 16.4. The van der Waals surface area contributed by atoms with Crippen LogP contribution in [0.15, 0.2) is 29.2 Å². The molecule has 2 rings (SSSR count). The van der Waals surface area contributed by atoms with Crippen molar-refractivity contribution in [2.75, 3.05) is 26.3 Å². The average molecular weight is 312 g/mol. The molecule has 1 aliphatic carbocycles. The van der Waals surface area contributed by atoms with E-state index in [2.05, 4.69) is 4.72 Å². The van der Waals surface area contributed by atoms with E-state index < -0.39 is 10.0 Å². The fraction of sp³-hybridized carbons (Fsp3) is 0.600. The maximum atomic E-state index is 12.1. The van der Waals surface area contributed by atoms with Gasteiger partial charge in [-0.15, -0.1) is 0 Å². The minimum absolute atomic E-state index is 0.294. The summed E-state index contributed by atoms with van der Waals surface area (Å²) in [4.78, 5) is 0.294. The van der Waals surface area contributed by atoms with E-state index in [1.54, 1.807) is 24.3 Å². The Balaban J connectivity index is 1.72. The minimum atomic E-state index is -3.42. The van der Waals surface area contributed by atoms with Gasteiger partial charge in [-0.3, -0.25) is 0 Å². The molecule has 1 aliphatic rings. The van der Waals surface area contributed by atoms with Crippen molar-refractivity contribution in [2.45, 2.75) is 30.6 Å². The highest BCUT2D eigenvalue weighted by Crippen LogP contribution is 2.28. The van der Waals surface area contributed by atoms with E-state index in [1.165, 1.54) is 12.8 Å². The van der Waals surface area contributed by atoms with Crippen molar-refractivity contribution in [3.63, 3.8) is 0 Å². The van der Waals surface area contributed by atoms with Crippen molar-refractivity contribution in [1.29, 1.82) is 0 Å². The maximum Gasteiger partial charge on any atom is 0.240 e. The van der Waals surface area contributed by atoms with Crippen molar-refractivity contribution in [3.05, 3.63) is 29.8 Å². The molecule has 118 valence electrons. The smallest absolute Gasteiger partial charge is 0.240 e. The Hall–Kier alpha value is -0.950. The molecule has 21 heavy (non-hydrogen) atoms. The van der Waals surface area contributed by atoms with Gasteiger partial charge in [0.2, 0.25) is 10.0 Å². The molecule has 0 unspecified atom stereocenters. The minimum Gasteiger partial charge on any atom is -0.381 e. The van der Waals surface area contributed by atoms with Crippen LogP contribution in [0.4, 0.5) is 0 Å². The van der Waals surface area contributed by atoms with Crippen LogP contribution in [0.2, 0.25) is 0 Å². The van der Waals surface area contributed by atoms with Crippen molar-refractivity contribution >= 4 is 10.0 Å². The molecule has 0 aromatic heterocycles. The van der Waals surface area contributed by atoms with E-state index in [-0.39, 0.29) is 0 Å². The van der Waals surface area contributed by atoms with E-state index in [0.29, 0.717) is 31.0 Å². The van der Waals surface area contributed by atoms with E-state index in [9.17, 15) is 8.42 Å². The van der Waals surface area contributed by atoms with E-state index in [4.69, 9.17) is 10.5 Å². The van der Waals surface area contributed by atoms with Crippen LogP contribution < -0.4 is 10.5 Å². The second kappa shape index (κ2) is 7.89. The molecule has 1 aromatic rings. The Bertz CT molecular complexity index is 524. The highest BCUT2D eigenvalue weighted by Gasteiger charge is 2.20. The number of hydrogen-bond donors (Lipinski definition) is 2. The third-order valence-corrected chi connectivity index (χ3v) is 4.95.